The monoisotopic (exact) mass is 211 g/mol. The first kappa shape index (κ1) is 13.5. The van der Waals surface area contributed by atoms with Gasteiger partial charge < -0.3 is 5.32 Å². The number of amides is 1. The normalized spacial score (nSPS) is 12.5. The van der Waals surface area contributed by atoms with Crippen molar-refractivity contribution in [3.05, 3.63) is 0 Å². The Bertz CT molecular complexity index is 282. The van der Waals surface area contributed by atoms with Crippen molar-refractivity contribution in [3.8, 4) is 0 Å². The summed E-state index contributed by atoms with van der Waals surface area (Å²) >= 11 is 0. The summed E-state index contributed by atoms with van der Waals surface area (Å²) in [7, 11) is 1.44. The number of carbonyl (C=O) groups is 2. The molecule has 0 fully saturated rings. The third kappa shape index (κ3) is 5.05. The number of nitrogens with one attached hydrogen (secondary N) is 1. The summed E-state index contributed by atoms with van der Waals surface area (Å²) in [5, 5.41) is 9.83. The summed E-state index contributed by atoms with van der Waals surface area (Å²) in [5.74, 6) is -0.513. The lowest BCUT2D eigenvalue weighted by Crippen LogP contribution is -2.28. The molecule has 0 rings (SSSR count). The van der Waals surface area contributed by atoms with E-state index in [4.69, 9.17) is 0 Å². The molecule has 5 nitrogen and oxygen atoms in total. The van der Waals surface area contributed by atoms with E-state index in [0.717, 1.165) is 25.0 Å². The number of aldehydes is 1. The number of rotatable bonds is 6. The van der Waals surface area contributed by atoms with Crippen LogP contribution in [0.15, 0.2) is 10.2 Å². The molecule has 1 amide bonds. The molecule has 0 aliphatic rings. The first-order valence-electron chi connectivity index (χ1n) is 5.00. The van der Waals surface area contributed by atoms with Crippen molar-refractivity contribution < 1.29 is 9.59 Å². The highest BCUT2D eigenvalue weighted by Gasteiger charge is 2.07. The first-order chi connectivity index (χ1) is 7.19. The van der Waals surface area contributed by atoms with Gasteiger partial charge in [0.05, 0.1) is 0 Å². The Morgan fingerprint density at radius 1 is 1.33 bits per heavy atom. The molecule has 0 heterocycles. The molecule has 0 spiro atoms. The van der Waals surface area contributed by atoms with E-state index in [2.05, 4.69) is 15.5 Å². The molecule has 84 valence electrons. The molecule has 0 aliphatic heterocycles. The SMILES string of the molecule is CCC/C(CC)=N\N=C(/C=O)C(=O)NC. The second-order valence-electron chi connectivity index (χ2n) is 2.95. The molecule has 5 heteroatoms. The zero-order valence-electron chi connectivity index (χ0n) is 9.41. The Labute approximate surface area is 89.7 Å². The predicted molar refractivity (Wildman–Crippen MR) is 60.2 cm³/mol. The summed E-state index contributed by atoms with van der Waals surface area (Å²) in [6.07, 6.45) is 2.98. The second kappa shape index (κ2) is 7.84. The Kier molecular flexibility index (Phi) is 7.05. The standard InChI is InChI=1S/C10H17N3O2/c1-4-6-8(5-2)12-13-9(7-14)10(15)11-3/h7H,4-6H2,1-3H3,(H,11,15)/b12-8-,13-9+. The predicted octanol–water partition coefficient (Wildman–Crippen LogP) is 0.938. The number of hydrogen-bond acceptors (Lipinski definition) is 4. The molecule has 0 atom stereocenters. The van der Waals surface area contributed by atoms with Crippen molar-refractivity contribution in [2.75, 3.05) is 7.05 Å². The second-order valence-corrected chi connectivity index (χ2v) is 2.95. The fraction of sp³-hybridized carbons (Fsp3) is 0.600. The van der Waals surface area contributed by atoms with Crippen molar-refractivity contribution in [2.24, 2.45) is 10.2 Å². The molecule has 0 aliphatic carbocycles. The molecule has 15 heavy (non-hydrogen) atoms. The summed E-state index contributed by atoms with van der Waals surface area (Å²) < 4.78 is 0. The average Bonchev–Trinajstić information content (AvgIpc) is 2.27. The van der Waals surface area contributed by atoms with E-state index >= 15 is 0 Å². The average molecular weight is 211 g/mol. The third-order valence-corrected chi connectivity index (χ3v) is 1.82. The number of nitrogens with zero attached hydrogens (tertiary/aromatic N) is 2. The van der Waals surface area contributed by atoms with Gasteiger partial charge in [-0.15, -0.1) is 5.10 Å². The molecular weight excluding hydrogens is 194 g/mol. The van der Waals surface area contributed by atoms with Gasteiger partial charge in [-0.25, -0.2) is 0 Å². The summed E-state index contributed by atoms with van der Waals surface area (Å²) in [5.41, 5.74) is 0.695. The van der Waals surface area contributed by atoms with Crippen molar-refractivity contribution in [1.82, 2.24) is 5.32 Å². The van der Waals surface area contributed by atoms with Gasteiger partial charge in [-0.05, 0) is 12.8 Å². The molecule has 0 saturated carbocycles. The van der Waals surface area contributed by atoms with Gasteiger partial charge in [0, 0.05) is 12.8 Å². The maximum Gasteiger partial charge on any atom is 0.274 e. The van der Waals surface area contributed by atoms with Gasteiger partial charge in [-0.1, -0.05) is 20.3 Å². The van der Waals surface area contributed by atoms with Gasteiger partial charge in [0.2, 0.25) is 0 Å². The Morgan fingerprint density at radius 3 is 2.40 bits per heavy atom. The highest BCUT2D eigenvalue weighted by atomic mass is 16.2. The first-order valence-corrected chi connectivity index (χ1v) is 5.00. The Hall–Kier alpha value is -1.52. The topological polar surface area (TPSA) is 70.9 Å². The van der Waals surface area contributed by atoms with E-state index in [-0.39, 0.29) is 5.71 Å². The van der Waals surface area contributed by atoms with Crippen molar-refractivity contribution in [3.63, 3.8) is 0 Å². The fourth-order valence-corrected chi connectivity index (χ4v) is 0.961. The highest BCUT2D eigenvalue weighted by molar-refractivity contribution is 6.59. The van der Waals surface area contributed by atoms with Crippen LogP contribution in [0.4, 0.5) is 0 Å². The van der Waals surface area contributed by atoms with Crippen LogP contribution in [-0.4, -0.2) is 30.7 Å². The van der Waals surface area contributed by atoms with Gasteiger partial charge in [0.15, 0.2) is 12.0 Å². The minimum Gasteiger partial charge on any atom is -0.354 e. The zero-order valence-corrected chi connectivity index (χ0v) is 9.41. The van der Waals surface area contributed by atoms with Gasteiger partial charge in [-0.2, -0.15) is 5.10 Å². The highest BCUT2D eigenvalue weighted by Crippen LogP contribution is 1.97. The zero-order chi connectivity index (χ0) is 11.7. The Morgan fingerprint density at radius 2 is 2.00 bits per heavy atom. The molecule has 1 N–H and O–H groups in total. The largest absolute Gasteiger partial charge is 0.354 e. The number of hydrogen-bond donors (Lipinski definition) is 1. The molecule has 0 saturated heterocycles. The Balaban J connectivity index is 4.68. The smallest absolute Gasteiger partial charge is 0.274 e. The lowest BCUT2D eigenvalue weighted by atomic mass is 10.2. The van der Waals surface area contributed by atoms with Crippen molar-refractivity contribution >= 4 is 23.6 Å². The molecule has 0 aromatic rings. The summed E-state index contributed by atoms with van der Waals surface area (Å²) in [6, 6.07) is 0. The summed E-state index contributed by atoms with van der Waals surface area (Å²) in [6.45, 7) is 4.00. The van der Waals surface area contributed by atoms with Crippen LogP contribution in [0, 0.1) is 0 Å². The maximum absolute atomic E-state index is 11.1. The van der Waals surface area contributed by atoms with Crippen LogP contribution in [-0.2, 0) is 9.59 Å². The minimum atomic E-state index is -0.513. The molecule has 0 unspecified atom stereocenters. The molecular formula is C10H17N3O2. The molecule has 0 aromatic heterocycles. The van der Waals surface area contributed by atoms with Gasteiger partial charge in [0.25, 0.3) is 5.91 Å². The van der Waals surface area contributed by atoms with E-state index in [1.807, 2.05) is 13.8 Å². The van der Waals surface area contributed by atoms with E-state index < -0.39 is 5.91 Å². The van der Waals surface area contributed by atoms with Gasteiger partial charge in [-0.3, -0.25) is 9.59 Å². The van der Waals surface area contributed by atoms with Crippen LogP contribution in [0.5, 0.6) is 0 Å². The number of carbonyl (C=O) groups excluding carboxylic acids is 2. The van der Waals surface area contributed by atoms with E-state index in [0.29, 0.717) is 6.29 Å². The third-order valence-electron chi connectivity index (χ3n) is 1.82. The van der Waals surface area contributed by atoms with Crippen LogP contribution >= 0.6 is 0 Å². The molecule has 0 radical (unpaired) electrons. The van der Waals surface area contributed by atoms with E-state index in [1.54, 1.807) is 0 Å². The molecule has 0 bridgehead atoms. The van der Waals surface area contributed by atoms with Crippen LogP contribution in [0.3, 0.4) is 0 Å². The van der Waals surface area contributed by atoms with Crippen molar-refractivity contribution in [1.29, 1.82) is 0 Å². The van der Waals surface area contributed by atoms with E-state index in [9.17, 15) is 9.59 Å². The quantitative estimate of drug-likeness (QED) is 0.307. The fourth-order valence-electron chi connectivity index (χ4n) is 0.961. The van der Waals surface area contributed by atoms with Crippen LogP contribution in [0.1, 0.15) is 33.1 Å². The van der Waals surface area contributed by atoms with Gasteiger partial charge >= 0.3 is 0 Å². The minimum absolute atomic E-state index is 0.195. The maximum atomic E-state index is 11.1. The van der Waals surface area contributed by atoms with Crippen LogP contribution < -0.4 is 5.32 Å². The lowest BCUT2D eigenvalue weighted by molar-refractivity contribution is -0.115. The van der Waals surface area contributed by atoms with E-state index in [1.165, 1.54) is 7.05 Å². The summed E-state index contributed by atoms with van der Waals surface area (Å²) in [4.78, 5) is 21.6. The lowest BCUT2D eigenvalue weighted by Gasteiger charge is -1.98. The van der Waals surface area contributed by atoms with Crippen molar-refractivity contribution in [2.45, 2.75) is 33.1 Å². The molecule has 0 aromatic carbocycles. The van der Waals surface area contributed by atoms with Crippen LogP contribution in [0.25, 0.3) is 0 Å². The van der Waals surface area contributed by atoms with Gasteiger partial charge in [0.1, 0.15) is 0 Å². The van der Waals surface area contributed by atoms with Crippen LogP contribution in [0.2, 0.25) is 0 Å².